The van der Waals surface area contributed by atoms with Gasteiger partial charge in [-0.25, -0.2) is 9.13 Å². The summed E-state index contributed by atoms with van der Waals surface area (Å²) in [7, 11) is -9.94. The molecule has 96 heavy (non-hydrogen) atoms. The van der Waals surface area contributed by atoms with Crippen molar-refractivity contribution in [3.05, 3.63) is 60.8 Å². The lowest BCUT2D eigenvalue weighted by Crippen LogP contribution is -2.30. The topological polar surface area (TPSA) is 237 Å². The van der Waals surface area contributed by atoms with Crippen LogP contribution in [0.2, 0.25) is 0 Å². The number of esters is 4. The van der Waals surface area contributed by atoms with Gasteiger partial charge in [0.2, 0.25) is 0 Å². The summed E-state index contributed by atoms with van der Waals surface area (Å²) in [5.41, 5.74) is 0. The molecule has 0 aliphatic rings. The summed E-state index contributed by atoms with van der Waals surface area (Å²) >= 11 is 0. The first-order chi connectivity index (χ1) is 46.7. The van der Waals surface area contributed by atoms with E-state index in [0.29, 0.717) is 25.7 Å². The molecule has 0 aliphatic heterocycles. The molecule has 0 radical (unpaired) electrons. The highest BCUT2D eigenvalue weighted by atomic mass is 31.2. The van der Waals surface area contributed by atoms with E-state index in [-0.39, 0.29) is 25.7 Å². The van der Waals surface area contributed by atoms with Crippen LogP contribution >= 0.6 is 15.6 Å². The maximum atomic E-state index is 13.1. The average Bonchev–Trinajstić information content (AvgIpc) is 1.29. The number of aliphatic hydroxyl groups is 1. The second-order valence-electron chi connectivity index (χ2n) is 25.9. The second kappa shape index (κ2) is 70.2. The molecule has 0 aromatic heterocycles. The molecule has 2 unspecified atom stereocenters. The third kappa shape index (κ3) is 69.2. The molecule has 17 nitrogen and oxygen atoms in total. The molecule has 0 bridgehead atoms. The second-order valence-corrected chi connectivity index (χ2v) is 28.8. The van der Waals surface area contributed by atoms with Crippen LogP contribution in [0, 0.1) is 0 Å². The Morgan fingerprint density at radius 2 is 0.510 bits per heavy atom. The zero-order chi connectivity index (χ0) is 70.4. The standard InChI is InChI=1S/C77H140O17P2/c1-5-9-13-17-21-25-29-33-35-39-42-46-50-54-58-62-75(80)88-68-72(93-76(81)63-59-55-51-47-43-38-32-28-24-20-16-12-8-4)69-91-95(83,84)89-65-71(78)66-90-96(85,86)92-70-73(67-87-74(79)61-57-53-49-45-41-37-31-27-23-19-15-11-7-3)94-77(82)64-60-56-52-48-44-40-36-34-30-26-22-18-14-10-6-2/h22,26-28,31-36,71-73,78H,5-21,23-25,29-30,37-70H2,1-4H3,(H,83,84)(H,85,86)/b26-22-,31-27-,32-28-,35-33-,36-34-/t71-,72+,73+/m0/s1. The molecule has 5 atom stereocenters. The first-order valence-corrected chi connectivity index (χ1v) is 41.5. The van der Waals surface area contributed by atoms with Crippen molar-refractivity contribution in [2.75, 3.05) is 39.6 Å². The summed E-state index contributed by atoms with van der Waals surface area (Å²) in [5, 5.41) is 10.6. The van der Waals surface area contributed by atoms with Crippen molar-refractivity contribution in [1.82, 2.24) is 0 Å². The van der Waals surface area contributed by atoms with Gasteiger partial charge in [-0.1, -0.05) is 249 Å². The third-order valence-corrected chi connectivity index (χ3v) is 18.3. The van der Waals surface area contributed by atoms with Crippen LogP contribution in [0.1, 0.15) is 349 Å². The zero-order valence-corrected chi connectivity index (χ0v) is 62.8. The van der Waals surface area contributed by atoms with Crippen LogP contribution in [0.15, 0.2) is 60.8 Å². The minimum Gasteiger partial charge on any atom is -0.462 e. The Bertz CT molecular complexity index is 2060. The monoisotopic (exact) mass is 1400 g/mol. The van der Waals surface area contributed by atoms with Crippen LogP contribution in [0.5, 0.6) is 0 Å². The Balaban J connectivity index is 5.34. The Kier molecular flexibility index (Phi) is 67.8. The number of allylic oxidation sites excluding steroid dienone is 10. The molecule has 0 fully saturated rings. The number of hydrogen-bond acceptors (Lipinski definition) is 15. The number of carbonyl (C=O) groups excluding carboxylic acids is 4. The van der Waals surface area contributed by atoms with Gasteiger partial charge in [-0.3, -0.25) is 37.3 Å². The van der Waals surface area contributed by atoms with Gasteiger partial charge in [0.05, 0.1) is 26.4 Å². The SMILES string of the molecule is CCCCC/C=C\C/C=C\CCCCCCCC(=O)O[C@H](COC(=O)CCCCCCC/C=C\CCCCCC)COP(=O)(O)OC[C@@H](O)COP(=O)(O)OC[C@@H](COC(=O)CCCCCCC/C=C\CCCCCCCC)OC(=O)CCCCCCC/C=C\CCCCCC. The number of aliphatic hydroxyl groups excluding tert-OH is 1. The first kappa shape index (κ1) is 92.8. The fourth-order valence-electron chi connectivity index (χ4n) is 10.5. The van der Waals surface area contributed by atoms with E-state index in [9.17, 15) is 43.2 Å². The fourth-order valence-corrected chi connectivity index (χ4v) is 12.0. The van der Waals surface area contributed by atoms with E-state index < -0.39 is 97.5 Å². The molecule has 560 valence electrons. The molecular weight excluding hydrogens is 1260 g/mol. The Hall–Kier alpha value is -3.24. The van der Waals surface area contributed by atoms with E-state index in [1.807, 2.05) is 0 Å². The molecule has 0 amide bonds. The quantitative estimate of drug-likeness (QED) is 0.0169. The van der Waals surface area contributed by atoms with E-state index in [4.69, 9.17) is 37.0 Å². The zero-order valence-electron chi connectivity index (χ0n) is 61.1. The number of phosphoric acid groups is 2. The Morgan fingerprint density at radius 1 is 0.292 bits per heavy atom. The molecule has 0 rings (SSSR count). The smallest absolute Gasteiger partial charge is 0.462 e. The predicted octanol–water partition coefficient (Wildman–Crippen LogP) is 21.9. The van der Waals surface area contributed by atoms with Crippen LogP contribution in [-0.4, -0.2) is 96.7 Å². The van der Waals surface area contributed by atoms with Gasteiger partial charge >= 0.3 is 39.5 Å². The highest BCUT2D eigenvalue weighted by molar-refractivity contribution is 7.47. The first-order valence-electron chi connectivity index (χ1n) is 38.5. The largest absolute Gasteiger partial charge is 0.472 e. The van der Waals surface area contributed by atoms with Gasteiger partial charge in [-0.15, -0.1) is 0 Å². The van der Waals surface area contributed by atoms with Gasteiger partial charge in [-0.2, -0.15) is 0 Å². The van der Waals surface area contributed by atoms with Gasteiger partial charge in [0, 0.05) is 25.7 Å². The summed E-state index contributed by atoms with van der Waals surface area (Å²) < 4.78 is 68.4. The lowest BCUT2D eigenvalue weighted by Gasteiger charge is -2.21. The number of unbranched alkanes of at least 4 members (excludes halogenated alkanes) is 37. The summed E-state index contributed by atoms with van der Waals surface area (Å²) in [6.07, 6.45) is 67.7. The highest BCUT2D eigenvalue weighted by Gasteiger charge is 2.30. The summed E-state index contributed by atoms with van der Waals surface area (Å²) in [6.45, 7) is 4.81. The van der Waals surface area contributed by atoms with Crippen molar-refractivity contribution >= 4 is 39.5 Å². The molecule has 0 heterocycles. The van der Waals surface area contributed by atoms with E-state index in [2.05, 4.69) is 88.5 Å². The van der Waals surface area contributed by atoms with Crippen LogP contribution in [0.25, 0.3) is 0 Å². The Morgan fingerprint density at radius 3 is 0.812 bits per heavy atom. The molecule has 0 aliphatic carbocycles. The van der Waals surface area contributed by atoms with E-state index in [0.717, 1.165) is 161 Å². The van der Waals surface area contributed by atoms with Gasteiger partial charge in [0.25, 0.3) is 0 Å². The van der Waals surface area contributed by atoms with Crippen LogP contribution in [0.3, 0.4) is 0 Å². The molecular formula is C77H140O17P2. The summed E-state index contributed by atoms with van der Waals surface area (Å²) in [4.78, 5) is 72.8. The minimum atomic E-state index is -4.97. The van der Waals surface area contributed by atoms with Crippen molar-refractivity contribution < 1.29 is 80.2 Å². The molecule has 0 aromatic carbocycles. The Labute approximate surface area is 584 Å². The maximum absolute atomic E-state index is 13.1. The van der Waals surface area contributed by atoms with Crippen LogP contribution in [-0.2, 0) is 65.4 Å². The van der Waals surface area contributed by atoms with E-state index in [1.54, 1.807) is 0 Å². The third-order valence-electron chi connectivity index (χ3n) is 16.4. The fraction of sp³-hybridized carbons (Fsp3) is 0.818. The van der Waals surface area contributed by atoms with Crippen molar-refractivity contribution in [1.29, 1.82) is 0 Å². The highest BCUT2D eigenvalue weighted by Crippen LogP contribution is 2.45. The molecule has 19 heteroatoms. The maximum Gasteiger partial charge on any atom is 0.472 e. The normalized spacial score (nSPS) is 14.3. The molecule has 0 saturated carbocycles. The average molecular weight is 1400 g/mol. The predicted molar refractivity (Wildman–Crippen MR) is 390 cm³/mol. The lowest BCUT2D eigenvalue weighted by atomic mass is 10.1. The van der Waals surface area contributed by atoms with Gasteiger partial charge < -0.3 is 33.8 Å². The summed E-state index contributed by atoms with van der Waals surface area (Å²) in [6, 6.07) is 0. The number of ether oxygens (including phenoxy) is 4. The van der Waals surface area contributed by atoms with Gasteiger partial charge in [0.1, 0.15) is 19.3 Å². The molecule has 0 spiro atoms. The number of carbonyl (C=O) groups is 4. The molecule has 0 aromatic rings. The molecule has 0 saturated heterocycles. The van der Waals surface area contributed by atoms with Crippen molar-refractivity contribution in [3.8, 4) is 0 Å². The van der Waals surface area contributed by atoms with Crippen LogP contribution in [0.4, 0.5) is 0 Å². The summed E-state index contributed by atoms with van der Waals surface area (Å²) in [5.74, 6) is -2.19. The minimum absolute atomic E-state index is 0.0806. The van der Waals surface area contributed by atoms with Gasteiger partial charge in [-0.05, 0) is 135 Å². The number of rotatable bonds is 73. The van der Waals surface area contributed by atoms with Crippen molar-refractivity contribution in [3.63, 3.8) is 0 Å². The van der Waals surface area contributed by atoms with E-state index in [1.165, 1.54) is 109 Å². The number of phosphoric ester groups is 2. The van der Waals surface area contributed by atoms with E-state index >= 15 is 0 Å². The van der Waals surface area contributed by atoms with Crippen molar-refractivity contribution in [2.45, 2.75) is 367 Å². The molecule has 3 N–H and O–H groups in total. The van der Waals surface area contributed by atoms with Crippen LogP contribution < -0.4 is 0 Å². The number of hydrogen-bond donors (Lipinski definition) is 3. The van der Waals surface area contributed by atoms with Gasteiger partial charge in [0.15, 0.2) is 12.2 Å². The van der Waals surface area contributed by atoms with Crippen molar-refractivity contribution in [2.24, 2.45) is 0 Å². The lowest BCUT2D eigenvalue weighted by molar-refractivity contribution is -0.161.